The summed E-state index contributed by atoms with van der Waals surface area (Å²) in [6.07, 6.45) is 2.02. The Morgan fingerprint density at radius 2 is 2.09 bits per heavy atom. The number of amides is 2. The number of carbonyl (C=O) groups is 2. The monoisotopic (exact) mass is 295 g/mol. The van der Waals surface area contributed by atoms with Crippen molar-refractivity contribution < 1.29 is 9.59 Å². The van der Waals surface area contributed by atoms with Crippen molar-refractivity contribution in [2.75, 3.05) is 11.9 Å². The molecule has 0 saturated heterocycles. The number of pyridine rings is 1. The summed E-state index contributed by atoms with van der Waals surface area (Å²) in [5.74, 6) is -0.114. The lowest BCUT2D eigenvalue weighted by Gasteiger charge is -2.15. The molecule has 112 valence electrons. The third-order valence-electron chi connectivity index (χ3n) is 3.67. The summed E-state index contributed by atoms with van der Waals surface area (Å²) in [6, 6.07) is 11.1. The lowest BCUT2D eigenvalue weighted by Crippen LogP contribution is -2.28. The number of benzene rings is 1. The van der Waals surface area contributed by atoms with Crippen molar-refractivity contribution in [2.45, 2.75) is 19.9 Å². The number of nitrogens with one attached hydrogen (secondary N) is 1. The van der Waals surface area contributed by atoms with Crippen LogP contribution in [0.2, 0.25) is 0 Å². The summed E-state index contributed by atoms with van der Waals surface area (Å²) in [6.45, 7) is 2.80. The van der Waals surface area contributed by atoms with Gasteiger partial charge in [-0.1, -0.05) is 18.2 Å². The van der Waals surface area contributed by atoms with Crippen molar-refractivity contribution in [2.24, 2.45) is 0 Å². The third kappa shape index (κ3) is 2.98. The van der Waals surface area contributed by atoms with Gasteiger partial charge in [0.15, 0.2) is 0 Å². The Kier molecular flexibility index (Phi) is 3.87. The number of hydrogen-bond donors (Lipinski definition) is 1. The van der Waals surface area contributed by atoms with E-state index in [2.05, 4.69) is 10.3 Å². The second kappa shape index (κ2) is 5.97. The summed E-state index contributed by atoms with van der Waals surface area (Å²) in [7, 11) is 0. The fourth-order valence-electron chi connectivity index (χ4n) is 2.52. The predicted octanol–water partition coefficient (Wildman–Crippen LogP) is 2.37. The Hall–Kier alpha value is -2.69. The molecular formula is C17H17N3O2. The normalized spacial score (nSPS) is 13.1. The maximum atomic E-state index is 12.3. The summed E-state index contributed by atoms with van der Waals surface area (Å²) in [5.41, 5.74) is 3.23. The molecule has 0 aliphatic carbocycles. The zero-order chi connectivity index (χ0) is 15.5. The molecule has 22 heavy (non-hydrogen) atoms. The second-order valence-electron chi connectivity index (χ2n) is 5.37. The first kappa shape index (κ1) is 14.3. The Bertz CT molecular complexity index is 713. The summed E-state index contributed by atoms with van der Waals surface area (Å²) < 4.78 is 0. The van der Waals surface area contributed by atoms with Crippen LogP contribution in [0.3, 0.4) is 0 Å². The van der Waals surface area contributed by atoms with Gasteiger partial charge in [-0.3, -0.25) is 14.6 Å². The summed E-state index contributed by atoms with van der Waals surface area (Å²) in [5, 5.41) is 2.82. The topological polar surface area (TPSA) is 62.3 Å². The van der Waals surface area contributed by atoms with Crippen LogP contribution >= 0.6 is 0 Å². The molecular weight excluding hydrogens is 278 g/mol. The molecule has 1 aromatic heterocycles. The first-order valence-electron chi connectivity index (χ1n) is 7.23. The lowest BCUT2D eigenvalue weighted by atomic mass is 10.1. The van der Waals surface area contributed by atoms with Crippen LogP contribution < -0.4 is 5.32 Å². The van der Waals surface area contributed by atoms with Gasteiger partial charge in [0, 0.05) is 48.2 Å². The highest BCUT2D eigenvalue weighted by Gasteiger charge is 2.27. The summed E-state index contributed by atoms with van der Waals surface area (Å²) >= 11 is 0. The predicted molar refractivity (Wildman–Crippen MR) is 83.4 cm³/mol. The van der Waals surface area contributed by atoms with Crippen molar-refractivity contribution in [1.82, 2.24) is 9.88 Å². The van der Waals surface area contributed by atoms with Gasteiger partial charge in [-0.2, -0.15) is 0 Å². The average Bonchev–Trinajstić information content (AvgIpc) is 2.82. The van der Waals surface area contributed by atoms with Crippen molar-refractivity contribution in [3.05, 3.63) is 59.4 Å². The Balaban J connectivity index is 1.57. The van der Waals surface area contributed by atoms with Crippen LogP contribution in [0.5, 0.6) is 0 Å². The first-order valence-corrected chi connectivity index (χ1v) is 7.23. The van der Waals surface area contributed by atoms with E-state index >= 15 is 0 Å². The Morgan fingerprint density at radius 3 is 2.86 bits per heavy atom. The number of fused-ring (bicyclic) bond motifs is 1. The van der Waals surface area contributed by atoms with Gasteiger partial charge in [0.25, 0.3) is 5.91 Å². The van der Waals surface area contributed by atoms with E-state index in [9.17, 15) is 9.59 Å². The van der Waals surface area contributed by atoms with Gasteiger partial charge in [-0.25, -0.2) is 0 Å². The fourth-order valence-corrected chi connectivity index (χ4v) is 2.52. The van der Waals surface area contributed by atoms with E-state index in [0.717, 1.165) is 16.9 Å². The number of anilines is 1. The maximum absolute atomic E-state index is 12.3. The largest absolute Gasteiger partial charge is 0.334 e. The molecule has 0 radical (unpaired) electrons. The van der Waals surface area contributed by atoms with E-state index in [1.165, 1.54) is 0 Å². The SMILES string of the molecule is Cc1cc2c(cn1)CN(CCC(=O)Nc1ccccc1)C2=O. The molecule has 1 aliphatic rings. The van der Waals surface area contributed by atoms with Crippen LogP contribution in [0.4, 0.5) is 5.69 Å². The molecule has 5 nitrogen and oxygen atoms in total. The first-order chi connectivity index (χ1) is 10.6. The molecule has 1 N–H and O–H groups in total. The molecule has 0 atom stereocenters. The Labute approximate surface area is 129 Å². The molecule has 0 fully saturated rings. The third-order valence-corrected chi connectivity index (χ3v) is 3.67. The molecule has 0 unspecified atom stereocenters. The van der Waals surface area contributed by atoms with E-state index < -0.39 is 0 Å². The van der Waals surface area contributed by atoms with Crippen LogP contribution in [0.15, 0.2) is 42.6 Å². The maximum Gasteiger partial charge on any atom is 0.254 e. The van der Waals surface area contributed by atoms with Gasteiger partial charge in [0.05, 0.1) is 0 Å². The van der Waals surface area contributed by atoms with E-state index in [0.29, 0.717) is 18.7 Å². The zero-order valence-electron chi connectivity index (χ0n) is 12.4. The van der Waals surface area contributed by atoms with Crippen molar-refractivity contribution in [1.29, 1.82) is 0 Å². The Morgan fingerprint density at radius 1 is 1.32 bits per heavy atom. The average molecular weight is 295 g/mol. The highest BCUT2D eigenvalue weighted by atomic mass is 16.2. The number of carbonyl (C=O) groups excluding carboxylic acids is 2. The van der Waals surface area contributed by atoms with E-state index in [4.69, 9.17) is 0 Å². The van der Waals surface area contributed by atoms with Gasteiger partial charge in [-0.15, -0.1) is 0 Å². The van der Waals surface area contributed by atoms with Crippen LogP contribution in [0, 0.1) is 6.92 Å². The molecule has 1 aliphatic heterocycles. The van der Waals surface area contributed by atoms with Crippen molar-refractivity contribution in [3.8, 4) is 0 Å². The number of nitrogens with zero attached hydrogens (tertiary/aromatic N) is 2. The van der Waals surface area contributed by atoms with E-state index in [1.807, 2.05) is 43.3 Å². The quantitative estimate of drug-likeness (QED) is 0.942. The van der Waals surface area contributed by atoms with Crippen molar-refractivity contribution in [3.63, 3.8) is 0 Å². The van der Waals surface area contributed by atoms with Crippen LogP contribution in [0.1, 0.15) is 28.0 Å². The van der Waals surface area contributed by atoms with Crippen LogP contribution in [0.25, 0.3) is 0 Å². The zero-order valence-corrected chi connectivity index (χ0v) is 12.4. The van der Waals surface area contributed by atoms with Gasteiger partial charge < -0.3 is 10.2 Å². The molecule has 2 aromatic rings. The number of aromatic nitrogens is 1. The number of rotatable bonds is 4. The van der Waals surface area contributed by atoms with Gasteiger partial charge in [0.2, 0.25) is 5.91 Å². The molecule has 2 amide bonds. The van der Waals surface area contributed by atoms with E-state index in [-0.39, 0.29) is 18.2 Å². The van der Waals surface area contributed by atoms with Crippen molar-refractivity contribution >= 4 is 17.5 Å². The number of hydrogen-bond acceptors (Lipinski definition) is 3. The van der Waals surface area contributed by atoms with Gasteiger partial charge in [0.1, 0.15) is 0 Å². The van der Waals surface area contributed by atoms with E-state index in [1.54, 1.807) is 11.1 Å². The van der Waals surface area contributed by atoms with Gasteiger partial charge >= 0.3 is 0 Å². The minimum absolute atomic E-state index is 0.0204. The fraction of sp³-hybridized carbons (Fsp3) is 0.235. The van der Waals surface area contributed by atoms with Gasteiger partial charge in [-0.05, 0) is 25.1 Å². The highest BCUT2D eigenvalue weighted by molar-refractivity contribution is 5.98. The molecule has 2 heterocycles. The summed E-state index contributed by atoms with van der Waals surface area (Å²) in [4.78, 5) is 30.1. The minimum atomic E-state index is -0.0933. The number of aryl methyl sites for hydroxylation is 1. The minimum Gasteiger partial charge on any atom is -0.334 e. The molecule has 1 aromatic carbocycles. The second-order valence-corrected chi connectivity index (χ2v) is 5.37. The van der Waals surface area contributed by atoms with Crippen LogP contribution in [-0.4, -0.2) is 28.2 Å². The highest BCUT2D eigenvalue weighted by Crippen LogP contribution is 2.22. The molecule has 5 heteroatoms. The standard InChI is InChI=1S/C17H17N3O2/c1-12-9-15-13(10-18-12)11-20(17(15)22)8-7-16(21)19-14-5-3-2-4-6-14/h2-6,9-10H,7-8,11H2,1H3,(H,19,21). The molecule has 3 rings (SSSR count). The van der Waals surface area contributed by atoms with Crippen LogP contribution in [-0.2, 0) is 11.3 Å². The smallest absolute Gasteiger partial charge is 0.254 e. The lowest BCUT2D eigenvalue weighted by molar-refractivity contribution is -0.116. The molecule has 0 spiro atoms. The molecule has 0 saturated carbocycles. The molecule has 0 bridgehead atoms. The number of para-hydroxylation sites is 1.